The Morgan fingerprint density at radius 3 is 2.65 bits per heavy atom. The molecule has 1 aromatic heterocycles. The minimum Gasteiger partial charge on any atom is -0.396 e. The van der Waals surface area contributed by atoms with E-state index in [9.17, 15) is 0 Å². The van der Waals surface area contributed by atoms with Gasteiger partial charge in [0.1, 0.15) is 11.6 Å². The molecule has 17 heavy (non-hydrogen) atoms. The zero-order valence-electron chi connectivity index (χ0n) is 9.37. The molecule has 5 N–H and O–H groups in total. The Balaban J connectivity index is 2.31. The quantitative estimate of drug-likeness (QED) is 0.795. The van der Waals surface area contributed by atoms with Crippen LogP contribution in [0.4, 0.5) is 23.0 Å². The maximum absolute atomic E-state index is 5.65. The third-order valence-corrected chi connectivity index (χ3v) is 3.46. The number of halogens is 1. The number of nitrogens with one attached hydrogen (secondary N) is 1. The van der Waals surface area contributed by atoms with Gasteiger partial charge in [0.15, 0.2) is 0 Å². The summed E-state index contributed by atoms with van der Waals surface area (Å²) in [7, 11) is 0. The minimum atomic E-state index is 0.332. The van der Waals surface area contributed by atoms with E-state index in [1.54, 1.807) is 12.1 Å². The number of hydrogen-bond acceptors (Lipinski definition) is 4. The summed E-state index contributed by atoms with van der Waals surface area (Å²) in [5.41, 5.74) is 13.8. The first-order valence-electron chi connectivity index (χ1n) is 5.12. The van der Waals surface area contributed by atoms with Crippen LogP contribution in [-0.2, 0) is 0 Å². The van der Waals surface area contributed by atoms with Crippen LogP contribution in [0.3, 0.4) is 0 Å². The highest BCUT2D eigenvalue weighted by Gasteiger charge is 2.04. The van der Waals surface area contributed by atoms with Gasteiger partial charge in [-0.15, -0.1) is 0 Å². The smallest absolute Gasteiger partial charge is 0.149 e. The number of aromatic nitrogens is 1. The van der Waals surface area contributed by atoms with Crippen molar-refractivity contribution in [1.29, 1.82) is 0 Å². The number of benzene rings is 1. The second kappa shape index (κ2) is 4.63. The predicted molar refractivity (Wildman–Crippen MR) is 75.2 cm³/mol. The van der Waals surface area contributed by atoms with Gasteiger partial charge >= 0.3 is 0 Å². The van der Waals surface area contributed by atoms with Crippen LogP contribution >= 0.6 is 15.9 Å². The van der Waals surface area contributed by atoms with Crippen LogP contribution in [-0.4, -0.2) is 4.98 Å². The monoisotopic (exact) mass is 292 g/mol. The zero-order valence-corrected chi connectivity index (χ0v) is 11.0. The molecule has 0 bridgehead atoms. The summed E-state index contributed by atoms with van der Waals surface area (Å²) >= 11 is 3.52. The molecule has 0 aliphatic carbocycles. The molecule has 1 aromatic carbocycles. The average Bonchev–Trinajstić information content (AvgIpc) is 2.30. The first kappa shape index (κ1) is 11.7. The lowest BCUT2D eigenvalue weighted by molar-refractivity contribution is 1.31. The summed E-state index contributed by atoms with van der Waals surface area (Å²) in [6, 6.07) is 9.49. The summed E-state index contributed by atoms with van der Waals surface area (Å²) in [6.45, 7) is 2.03. The van der Waals surface area contributed by atoms with Gasteiger partial charge in [0.2, 0.25) is 0 Å². The number of hydrogen-bond donors (Lipinski definition) is 3. The summed E-state index contributed by atoms with van der Waals surface area (Å²) in [6.07, 6.45) is 0. The molecule has 88 valence electrons. The Kier molecular flexibility index (Phi) is 3.19. The third-order valence-electron chi connectivity index (χ3n) is 2.41. The maximum Gasteiger partial charge on any atom is 0.149 e. The average molecular weight is 293 g/mol. The van der Waals surface area contributed by atoms with Crippen LogP contribution in [0.1, 0.15) is 5.56 Å². The van der Waals surface area contributed by atoms with Crippen LogP contribution in [0, 0.1) is 6.92 Å². The van der Waals surface area contributed by atoms with Crippen molar-refractivity contribution in [2.75, 3.05) is 16.8 Å². The van der Waals surface area contributed by atoms with Gasteiger partial charge in [-0.2, -0.15) is 0 Å². The highest BCUT2D eigenvalue weighted by molar-refractivity contribution is 9.10. The lowest BCUT2D eigenvalue weighted by Crippen LogP contribution is -2.01. The number of nitrogens with two attached hydrogens (primary N) is 2. The second-order valence-corrected chi connectivity index (χ2v) is 4.53. The van der Waals surface area contributed by atoms with Crippen molar-refractivity contribution in [3.63, 3.8) is 0 Å². The highest BCUT2D eigenvalue weighted by Crippen LogP contribution is 2.28. The molecular weight excluding hydrogens is 280 g/mol. The molecule has 0 saturated carbocycles. The van der Waals surface area contributed by atoms with Crippen molar-refractivity contribution < 1.29 is 0 Å². The first-order chi connectivity index (χ1) is 8.08. The Hall–Kier alpha value is -1.75. The molecule has 2 aromatic rings. The molecule has 4 nitrogen and oxygen atoms in total. The largest absolute Gasteiger partial charge is 0.396 e. The van der Waals surface area contributed by atoms with E-state index in [0.29, 0.717) is 17.3 Å². The van der Waals surface area contributed by atoms with Crippen molar-refractivity contribution in [2.45, 2.75) is 6.92 Å². The molecule has 0 radical (unpaired) electrons. The van der Waals surface area contributed by atoms with Crippen molar-refractivity contribution in [3.8, 4) is 0 Å². The molecular formula is C12H13BrN4. The summed E-state index contributed by atoms with van der Waals surface area (Å²) in [5, 5.41) is 3.19. The second-order valence-electron chi connectivity index (χ2n) is 3.73. The first-order valence-corrected chi connectivity index (χ1v) is 5.91. The minimum absolute atomic E-state index is 0.332. The number of pyridine rings is 1. The summed E-state index contributed by atoms with van der Waals surface area (Å²) < 4.78 is 1.01. The normalized spacial score (nSPS) is 10.2. The maximum atomic E-state index is 5.65. The van der Waals surface area contributed by atoms with E-state index < -0.39 is 0 Å². The molecule has 0 amide bonds. The highest BCUT2D eigenvalue weighted by atomic mass is 79.9. The van der Waals surface area contributed by atoms with Gasteiger partial charge in [-0.25, -0.2) is 4.98 Å². The van der Waals surface area contributed by atoms with E-state index in [0.717, 1.165) is 15.7 Å². The van der Waals surface area contributed by atoms with E-state index in [-0.39, 0.29) is 0 Å². The van der Waals surface area contributed by atoms with E-state index in [4.69, 9.17) is 11.5 Å². The van der Waals surface area contributed by atoms with Crippen molar-refractivity contribution in [2.24, 2.45) is 0 Å². The zero-order chi connectivity index (χ0) is 12.4. The number of aryl methyl sites for hydroxylation is 1. The summed E-state index contributed by atoms with van der Waals surface area (Å²) in [5.74, 6) is 1.00. The van der Waals surface area contributed by atoms with Gasteiger partial charge in [-0.3, -0.25) is 0 Å². The third kappa shape index (κ3) is 2.50. The van der Waals surface area contributed by atoms with Crippen LogP contribution in [0.25, 0.3) is 0 Å². The van der Waals surface area contributed by atoms with Gasteiger partial charge in [-0.05, 0) is 46.6 Å². The lowest BCUT2D eigenvalue weighted by Gasteiger charge is -2.10. The fraction of sp³-hybridized carbons (Fsp3) is 0.0833. The van der Waals surface area contributed by atoms with Crippen LogP contribution in [0.5, 0.6) is 0 Å². The number of nitrogen functional groups attached to an aromatic ring is 2. The lowest BCUT2D eigenvalue weighted by atomic mass is 10.2. The Labute approximate surface area is 108 Å². The number of rotatable bonds is 2. The molecule has 0 saturated heterocycles. The van der Waals surface area contributed by atoms with Crippen LogP contribution in [0.15, 0.2) is 34.8 Å². The van der Waals surface area contributed by atoms with E-state index >= 15 is 0 Å². The van der Waals surface area contributed by atoms with Crippen LogP contribution < -0.4 is 16.8 Å². The van der Waals surface area contributed by atoms with E-state index in [1.807, 2.05) is 25.1 Å². The molecule has 0 aliphatic heterocycles. The van der Waals surface area contributed by atoms with Crippen LogP contribution in [0.2, 0.25) is 0 Å². The molecule has 1 heterocycles. The molecule has 0 spiro atoms. The fourth-order valence-electron chi connectivity index (χ4n) is 1.44. The molecule has 0 unspecified atom stereocenters. The topological polar surface area (TPSA) is 77.0 Å². The van der Waals surface area contributed by atoms with Crippen molar-refractivity contribution >= 4 is 38.9 Å². The Bertz CT molecular complexity index is 554. The number of nitrogens with zero attached hydrogens (tertiary/aromatic N) is 1. The Morgan fingerprint density at radius 1 is 1.18 bits per heavy atom. The van der Waals surface area contributed by atoms with E-state index in [2.05, 4.69) is 26.2 Å². The van der Waals surface area contributed by atoms with Crippen molar-refractivity contribution in [1.82, 2.24) is 4.98 Å². The van der Waals surface area contributed by atoms with Gasteiger partial charge < -0.3 is 16.8 Å². The molecule has 0 atom stereocenters. The Morgan fingerprint density at radius 2 is 1.94 bits per heavy atom. The number of anilines is 4. The molecule has 5 heteroatoms. The van der Waals surface area contributed by atoms with Gasteiger partial charge in [-0.1, -0.05) is 12.1 Å². The molecule has 0 aliphatic rings. The van der Waals surface area contributed by atoms with Gasteiger partial charge in [0.05, 0.1) is 11.4 Å². The van der Waals surface area contributed by atoms with Gasteiger partial charge in [0, 0.05) is 4.47 Å². The fourth-order valence-corrected chi connectivity index (χ4v) is 1.80. The van der Waals surface area contributed by atoms with Gasteiger partial charge in [0.25, 0.3) is 0 Å². The standard InChI is InChI=1S/C12H13BrN4/c1-7-3-2-4-9(11(7)13)16-10-6-5-8(14)12(15)17-10/h2-6H,14H2,1H3,(H3,15,16,17). The molecule has 0 fully saturated rings. The van der Waals surface area contributed by atoms with E-state index in [1.165, 1.54) is 0 Å². The predicted octanol–water partition coefficient (Wildman–Crippen LogP) is 3.06. The molecule has 2 rings (SSSR count). The SMILES string of the molecule is Cc1cccc(Nc2ccc(N)c(N)n2)c1Br. The van der Waals surface area contributed by atoms with Crippen molar-refractivity contribution in [3.05, 3.63) is 40.4 Å². The summed E-state index contributed by atoms with van der Waals surface area (Å²) in [4.78, 5) is 4.16.